The van der Waals surface area contributed by atoms with Gasteiger partial charge in [0.2, 0.25) is 0 Å². The van der Waals surface area contributed by atoms with Crippen molar-refractivity contribution in [2.75, 3.05) is 20.7 Å². The van der Waals surface area contributed by atoms with E-state index in [4.69, 9.17) is 4.74 Å². The van der Waals surface area contributed by atoms with Gasteiger partial charge in [0.05, 0.1) is 10.5 Å². The molecule has 0 saturated carbocycles. The SMILES string of the molecule is C=CCOC(=O)c1cccc([N+](=O)[O-])c1C(=O)N(C)C. The van der Waals surface area contributed by atoms with Gasteiger partial charge < -0.3 is 9.64 Å². The molecule has 0 aliphatic heterocycles. The quantitative estimate of drug-likeness (QED) is 0.353. The summed E-state index contributed by atoms with van der Waals surface area (Å²) in [5.74, 6) is -1.44. The van der Waals surface area contributed by atoms with Crippen LogP contribution in [0.4, 0.5) is 5.69 Å². The topological polar surface area (TPSA) is 89.7 Å². The molecule has 1 rings (SSSR count). The molecule has 0 saturated heterocycles. The summed E-state index contributed by atoms with van der Waals surface area (Å²) in [5.41, 5.74) is -0.854. The fraction of sp³-hybridized carbons (Fsp3) is 0.231. The molecule has 0 bridgehead atoms. The number of amides is 1. The highest BCUT2D eigenvalue weighted by Gasteiger charge is 2.28. The molecule has 0 heterocycles. The number of hydrogen-bond acceptors (Lipinski definition) is 5. The van der Waals surface area contributed by atoms with Crippen LogP contribution < -0.4 is 0 Å². The van der Waals surface area contributed by atoms with Crippen molar-refractivity contribution in [3.05, 3.63) is 52.1 Å². The van der Waals surface area contributed by atoms with E-state index in [0.29, 0.717) is 0 Å². The molecule has 1 aromatic carbocycles. The maximum Gasteiger partial charge on any atom is 0.339 e. The lowest BCUT2D eigenvalue weighted by Crippen LogP contribution is -2.25. The zero-order chi connectivity index (χ0) is 15.3. The fourth-order valence-electron chi connectivity index (χ4n) is 1.52. The van der Waals surface area contributed by atoms with Crippen LogP contribution in [0.3, 0.4) is 0 Å². The highest BCUT2D eigenvalue weighted by Crippen LogP contribution is 2.24. The number of ether oxygens (including phenoxy) is 1. The van der Waals surface area contributed by atoms with Crippen LogP contribution in [0.2, 0.25) is 0 Å². The third-order valence-corrected chi connectivity index (χ3v) is 2.41. The molecule has 0 aliphatic carbocycles. The summed E-state index contributed by atoms with van der Waals surface area (Å²) in [7, 11) is 2.88. The Balaban J connectivity index is 3.40. The maximum atomic E-state index is 12.1. The Bertz CT molecular complexity index is 566. The lowest BCUT2D eigenvalue weighted by Gasteiger charge is -2.13. The molecular formula is C13H14N2O5. The van der Waals surface area contributed by atoms with Crippen molar-refractivity contribution in [1.29, 1.82) is 0 Å². The van der Waals surface area contributed by atoms with Gasteiger partial charge in [-0.3, -0.25) is 14.9 Å². The van der Waals surface area contributed by atoms with Crippen molar-refractivity contribution in [3.63, 3.8) is 0 Å². The zero-order valence-electron chi connectivity index (χ0n) is 11.2. The minimum atomic E-state index is -0.807. The third kappa shape index (κ3) is 3.19. The van der Waals surface area contributed by atoms with Crippen molar-refractivity contribution >= 4 is 17.6 Å². The van der Waals surface area contributed by atoms with Crippen molar-refractivity contribution in [1.82, 2.24) is 4.90 Å². The third-order valence-electron chi connectivity index (χ3n) is 2.41. The first kappa shape index (κ1) is 15.4. The molecule has 0 spiro atoms. The van der Waals surface area contributed by atoms with Gasteiger partial charge in [-0.2, -0.15) is 0 Å². The number of carbonyl (C=O) groups excluding carboxylic acids is 2. The highest BCUT2D eigenvalue weighted by atomic mass is 16.6. The number of nitro benzene ring substituents is 1. The van der Waals surface area contributed by atoms with Crippen LogP contribution in [-0.4, -0.2) is 42.4 Å². The van der Waals surface area contributed by atoms with Crippen LogP contribution in [0.15, 0.2) is 30.9 Å². The molecule has 0 aromatic heterocycles. The maximum absolute atomic E-state index is 12.1. The van der Waals surface area contributed by atoms with Gasteiger partial charge in [-0.1, -0.05) is 18.7 Å². The van der Waals surface area contributed by atoms with Gasteiger partial charge in [0.1, 0.15) is 12.2 Å². The number of rotatable bonds is 5. The summed E-state index contributed by atoms with van der Waals surface area (Å²) in [6.07, 6.45) is 1.36. The number of hydrogen-bond donors (Lipinski definition) is 0. The molecule has 0 aliphatic rings. The second-order valence-electron chi connectivity index (χ2n) is 4.04. The molecule has 0 atom stereocenters. The van der Waals surface area contributed by atoms with Gasteiger partial charge in [-0.15, -0.1) is 0 Å². The molecule has 0 fully saturated rings. The summed E-state index contributed by atoms with van der Waals surface area (Å²) < 4.78 is 4.83. The van der Waals surface area contributed by atoms with Gasteiger partial charge in [0, 0.05) is 20.2 Å². The minimum Gasteiger partial charge on any atom is -0.458 e. The second kappa shape index (κ2) is 6.46. The number of esters is 1. The Labute approximate surface area is 115 Å². The average molecular weight is 278 g/mol. The minimum absolute atomic E-state index is 0.0445. The van der Waals surface area contributed by atoms with E-state index < -0.39 is 22.5 Å². The number of nitrogens with zero attached hydrogens (tertiary/aromatic N) is 2. The van der Waals surface area contributed by atoms with Crippen LogP contribution in [-0.2, 0) is 4.74 Å². The summed E-state index contributed by atoms with van der Waals surface area (Å²) in [6, 6.07) is 3.81. The summed E-state index contributed by atoms with van der Waals surface area (Å²) >= 11 is 0. The van der Waals surface area contributed by atoms with Crippen molar-refractivity contribution in [2.24, 2.45) is 0 Å². The monoisotopic (exact) mass is 278 g/mol. The van der Waals surface area contributed by atoms with E-state index >= 15 is 0 Å². The van der Waals surface area contributed by atoms with Crippen molar-refractivity contribution in [2.45, 2.75) is 0 Å². The predicted octanol–water partition coefficient (Wildman–Crippen LogP) is 1.64. The molecule has 0 N–H and O–H groups in total. The van der Waals surface area contributed by atoms with Crippen LogP contribution in [0, 0.1) is 10.1 Å². The van der Waals surface area contributed by atoms with E-state index in [1.165, 1.54) is 38.4 Å². The molecule has 106 valence electrons. The number of carbonyl (C=O) groups is 2. The molecule has 7 heteroatoms. The zero-order valence-corrected chi connectivity index (χ0v) is 11.2. The van der Waals surface area contributed by atoms with Gasteiger partial charge in [-0.25, -0.2) is 4.79 Å². The van der Waals surface area contributed by atoms with Crippen LogP contribution in [0.5, 0.6) is 0 Å². The highest BCUT2D eigenvalue weighted by molar-refractivity contribution is 6.08. The molecule has 20 heavy (non-hydrogen) atoms. The van der Waals surface area contributed by atoms with Crippen LogP contribution in [0.25, 0.3) is 0 Å². The second-order valence-corrected chi connectivity index (χ2v) is 4.04. The molecule has 1 aromatic rings. The fourth-order valence-corrected chi connectivity index (χ4v) is 1.52. The van der Waals surface area contributed by atoms with E-state index in [1.54, 1.807) is 0 Å². The van der Waals surface area contributed by atoms with Gasteiger partial charge >= 0.3 is 5.97 Å². The normalized spacial score (nSPS) is 9.70. The van der Waals surface area contributed by atoms with Crippen LogP contribution >= 0.6 is 0 Å². The smallest absolute Gasteiger partial charge is 0.339 e. The first-order valence-electron chi connectivity index (χ1n) is 5.67. The molecule has 0 radical (unpaired) electrons. The van der Waals surface area contributed by atoms with Crippen molar-refractivity contribution < 1.29 is 19.2 Å². The largest absolute Gasteiger partial charge is 0.458 e. The first-order valence-corrected chi connectivity index (χ1v) is 5.67. The number of nitro groups is 1. The molecule has 7 nitrogen and oxygen atoms in total. The van der Waals surface area contributed by atoms with E-state index in [2.05, 4.69) is 6.58 Å². The van der Waals surface area contributed by atoms with E-state index in [9.17, 15) is 19.7 Å². The Morgan fingerprint density at radius 3 is 2.60 bits per heavy atom. The lowest BCUT2D eigenvalue weighted by molar-refractivity contribution is -0.385. The first-order chi connectivity index (χ1) is 9.40. The van der Waals surface area contributed by atoms with E-state index in [-0.39, 0.29) is 17.7 Å². The predicted molar refractivity (Wildman–Crippen MR) is 71.6 cm³/mol. The summed E-state index contributed by atoms with van der Waals surface area (Å²) in [6.45, 7) is 3.35. The summed E-state index contributed by atoms with van der Waals surface area (Å²) in [5, 5.41) is 11.0. The number of benzene rings is 1. The van der Waals surface area contributed by atoms with Crippen LogP contribution in [0.1, 0.15) is 20.7 Å². The Kier molecular flexibility index (Phi) is 4.96. The van der Waals surface area contributed by atoms with Gasteiger partial charge in [0.15, 0.2) is 0 Å². The Morgan fingerprint density at radius 1 is 1.45 bits per heavy atom. The molecular weight excluding hydrogens is 264 g/mol. The molecule has 1 amide bonds. The Hall–Kier alpha value is -2.70. The standard InChI is InChI=1S/C13H14N2O5/c1-4-8-20-13(17)9-6-5-7-10(15(18)19)11(9)12(16)14(2)3/h4-7H,1,8H2,2-3H3. The summed E-state index contributed by atoms with van der Waals surface area (Å²) in [4.78, 5) is 35.4. The van der Waals surface area contributed by atoms with Gasteiger partial charge in [0.25, 0.3) is 11.6 Å². The van der Waals surface area contributed by atoms with Crippen molar-refractivity contribution in [3.8, 4) is 0 Å². The van der Waals surface area contributed by atoms with E-state index in [1.807, 2.05) is 0 Å². The van der Waals surface area contributed by atoms with Gasteiger partial charge in [-0.05, 0) is 6.07 Å². The average Bonchev–Trinajstić information content (AvgIpc) is 2.42. The Morgan fingerprint density at radius 2 is 2.10 bits per heavy atom. The molecule has 0 unspecified atom stereocenters. The van der Waals surface area contributed by atoms with E-state index in [0.717, 1.165) is 4.90 Å². The lowest BCUT2D eigenvalue weighted by atomic mass is 10.0.